The number of Topliss-reactive ketones (excluding diaryl/α,β-unsaturated/α-hetero) is 1. The van der Waals surface area contributed by atoms with Crippen LogP contribution in [-0.4, -0.2) is 45.5 Å². The van der Waals surface area contributed by atoms with Gasteiger partial charge in [-0.2, -0.15) is 0 Å². The molecule has 8 atom stereocenters. The molecule has 1 aliphatic heterocycles. The molecule has 0 aromatic carbocycles. The van der Waals surface area contributed by atoms with Crippen LogP contribution in [0.25, 0.3) is 0 Å². The fraction of sp³-hybridized carbons (Fsp3) is 0.733. The fourth-order valence-corrected chi connectivity index (χ4v) is 5.85. The number of hydrogen-bond donors (Lipinski definition) is 3. The molecule has 1 aliphatic carbocycles. The average Bonchev–Trinajstić information content (AvgIpc) is 3.60. The second kappa shape index (κ2) is 13.5. The minimum Gasteiger partial charge on any atom is -0.457 e. The van der Waals surface area contributed by atoms with E-state index in [2.05, 4.69) is 26.8 Å². The summed E-state index contributed by atoms with van der Waals surface area (Å²) in [6, 6.07) is 0. The lowest BCUT2D eigenvalue weighted by Crippen LogP contribution is -2.46. The molecule has 4 N–H and O–H groups in total. The summed E-state index contributed by atoms with van der Waals surface area (Å²) in [5.41, 5.74) is 7.69. The zero-order valence-corrected chi connectivity index (χ0v) is 24.8. The zero-order valence-electron chi connectivity index (χ0n) is 24.0. The predicted octanol–water partition coefficient (Wildman–Crippen LogP) is 5.53. The Kier molecular flexibility index (Phi) is 11.5. The number of carbonyl (C=O) groups excluding carboxylic acids is 2. The molecular weight excluding hydrogens is 486 g/mol. The van der Waals surface area contributed by atoms with Crippen LogP contribution in [0.1, 0.15) is 87.5 Å². The minimum absolute atomic E-state index is 0.0106. The van der Waals surface area contributed by atoms with Gasteiger partial charge in [0.25, 0.3) is 0 Å². The molecule has 37 heavy (non-hydrogen) atoms. The number of cyclic esters (lactones) is 1. The molecule has 0 aromatic heterocycles. The molecule has 7 heteroatoms. The van der Waals surface area contributed by atoms with E-state index in [0.717, 1.165) is 24.8 Å². The fourth-order valence-electron chi connectivity index (χ4n) is 5.20. The second-order valence-electron chi connectivity index (χ2n) is 11.9. The van der Waals surface area contributed by atoms with Crippen LogP contribution in [0.5, 0.6) is 0 Å². The SMILES string of the molecule is CCC(C)S/C=C(N)/C=C(\C)[C@@H]1C/C=C(/C)CC2CC2[C@H](C)[C@H](O)[C@@H](C)C(=O)C(C)(C)[C@@H](O)CC(=O)O1. The topological polar surface area (TPSA) is 110 Å². The Balaban J connectivity index is 2.33. The Morgan fingerprint density at radius 3 is 2.54 bits per heavy atom. The predicted molar refractivity (Wildman–Crippen MR) is 152 cm³/mol. The van der Waals surface area contributed by atoms with E-state index in [1.807, 2.05) is 25.3 Å². The highest BCUT2D eigenvalue weighted by Gasteiger charge is 2.47. The van der Waals surface area contributed by atoms with Gasteiger partial charge in [0.1, 0.15) is 11.9 Å². The van der Waals surface area contributed by atoms with Crippen LogP contribution >= 0.6 is 11.8 Å². The lowest BCUT2D eigenvalue weighted by atomic mass is 9.72. The normalized spacial score (nSPS) is 36.7. The van der Waals surface area contributed by atoms with Gasteiger partial charge >= 0.3 is 5.97 Å². The van der Waals surface area contributed by atoms with Gasteiger partial charge in [-0.3, -0.25) is 9.59 Å². The molecule has 0 radical (unpaired) electrons. The van der Waals surface area contributed by atoms with Gasteiger partial charge in [0.2, 0.25) is 0 Å². The molecule has 2 rings (SSSR count). The zero-order chi connectivity index (χ0) is 28.1. The maximum absolute atomic E-state index is 13.3. The van der Waals surface area contributed by atoms with Crippen LogP contribution in [0, 0.1) is 29.1 Å². The highest BCUT2D eigenvalue weighted by Crippen LogP contribution is 2.50. The summed E-state index contributed by atoms with van der Waals surface area (Å²) < 4.78 is 5.85. The van der Waals surface area contributed by atoms with Crippen molar-refractivity contribution in [2.75, 3.05) is 0 Å². The number of ketones is 1. The Morgan fingerprint density at radius 2 is 1.92 bits per heavy atom. The highest BCUT2D eigenvalue weighted by molar-refractivity contribution is 8.02. The van der Waals surface area contributed by atoms with Gasteiger partial charge in [0.15, 0.2) is 0 Å². The van der Waals surface area contributed by atoms with Crippen molar-refractivity contribution in [3.8, 4) is 0 Å². The third-order valence-corrected chi connectivity index (χ3v) is 9.60. The van der Waals surface area contributed by atoms with Crippen molar-refractivity contribution in [3.63, 3.8) is 0 Å². The third-order valence-electron chi connectivity index (χ3n) is 8.40. The molecule has 0 bridgehead atoms. The van der Waals surface area contributed by atoms with Crippen LogP contribution in [0.3, 0.4) is 0 Å². The smallest absolute Gasteiger partial charge is 0.309 e. The van der Waals surface area contributed by atoms with E-state index in [9.17, 15) is 19.8 Å². The molecule has 6 nitrogen and oxygen atoms in total. The Labute approximate surface area is 228 Å². The largest absolute Gasteiger partial charge is 0.457 e. The Hall–Kier alpha value is -1.57. The van der Waals surface area contributed by atoms with E-state index in [4.69, 9.17) is 10.5 Å². The van der Waals surface area contributed by atoms with E-state index < -0.39 is 35.6 Å². The van der Waals surface area contributed by atoms with Crippen molar-refractivity contribution >= 4 is 23.5 Å². The first kappa shape index (κ1) is 31.6. The molecule has 0 spiro atoms. The highest BCUT2D eigenvalue weighted by atomic mass is 32.2. The van der Waals surface area contributed by atoms with Crippen molar-refractivity contribution < 1.29 is 24.5 Å². The van der Waals surface area contributed by atoms with E-state index in [1.165, 1.54) is 5.57 Å². The number of nitrogens with two attached hydrogens (primary N) is 1. The number of ether oxygens (including phenoxy) is 1. The van der Waals surface area contributed by atoms with Crippen molar-refractivity contribution in [2.45, 2.75) is 111 Å². The lowest BCUT2D eigenvalue weighted by molar-refractivity contribution is -0.154. The molecule has 210 valence electrons. The van der Waals surface area contributed by atoms with Gasteiger partial charge in [-0.1, -0.05) is 53.2 Å². The van der Waals surface area contributed by atoms with Gasteiger partial charge < -0.3 is 20.7 Å². The van der Waals surface area contributed by atoms with E-state index >= 15 is 0 Å². The summed E-state index contributed by atoms with van der Waals surface area (Å²) in [7, 11) is 0. The quantitative estimate of drug-likeness (QED) is 0.241. The van der Waals surface area contributed by atoms with Gasteiger partial charge in [-0.15, -0.1) is 11.8 Å². The molecule has 1 heterocycles. The van der Waals surface area contributed by atoms with Crippen LogP contribution in [-0.2, 0) is 14.3 Å². The molecule has 3 unspecified atom stereocenters. The van der Waals surface area contributed by atoms with Crippen LogP contribution in [0.2, 0.25) is 0 Å². The van der Waals surface area contributed by atoms with Crippen LogP contribution in [0.15, 0.2) is 34.4 Å². The molecule has 2 aliphatic rings. The molecule has 1 saturated carbocycles. The molecular formula is C30H49NO5S. The summed E-state index contributed by atoms with van der Waals surface area (Å²) in [5.74, 6) is -0.603. The summed E-state index contributed by atoms with van der Waals surface area (Å²) in [4.78, 5) is 26.3. The van der Waals surface area contributed by atoms with Crippen molar-refractivity contribution in [1.29, 1.82) is 0 Å². The number of aliphatic hydroxyl groups excluding tert-OH is 2. The maximum atomic E-state index is 13.3. The number of thioether (sulfide) groups is 1. The Bertz CT molecular complexity index is 908. The maximum Gasteiger partial charge on any atom is 0.309 e. The number of esters is 1. The number of aliphatic hydroxyl groups is 2. The number of allylic oxidation sites excluding steroid dienone is 2. The first-order valence-corrected chi connectivity index (χ1v) is 14.7. The van der Waals surface area contributed by atoms with Gasteiger partial charge in [0.05, 0.1) is 24.0 Å². The first-order chi connectivity index (χ1) is 17.2. The summed E-state index contributed by atoms with van der Waals surface area (Å²) in [5, 5.41) is 24.3. The minimum atomic E-state index is -1.22. The molecule has 0 amide bonds. The lowest BCUT2D eigenvalue weighted by Gasteiger charge is -2.34. The number of carbonyl (C=O) groups is 2. The summed E-state index contributed by atoms with van der Waals surface area (Å²) in [6.07, 6.45) is 4.65. The summed E-state index contributed by atoms with van der Waals surface area (Å²) >= 11 is 1.67. The number of fused-ring (bicyclic) bond motifs is 1. The standard InChI is InChI=1S/C30H49NO5S/c1-9-19(4)37-16-23(31)13-18(3)25-11-10-17(2)12-22-14-24(22)20(5)28(34)21(6)29(35)30(7,8)26(32)15-27(33)36-25/h10,13,16,19-22,24-26,28,32,34H,9,11-12,14-15,31H2,1-8H3/b17-10-,18-13+,23-16-/t19?,20-,21+,22?,24?,25-,26-,28-/m0/s1. The van der Waals surface area contributed by atoms with Gasteiger partial charge in [-0.05, 0) is 67.9 Å². The van der Waals surface area contributed by atoms with Crippen LogP contribution < -0.4 is 5.73 Å². The van der Waals surface area contributed by atoms with E-state index in [0.29, 0.717) is 29.2 Å². The molecule has 0 saturated heterocycles. The number of rotatable bonds is 5. The Morgan fingerprint density at radius 1 is 1.27 bits per heavy atom. The monoisotopic (exact) mass is 535 g/mol. The molecule has 1 fully saturated rings. The molecule has 0 aromatic rings. The van der Waals surface area contributed by atoms with E-state index in [1.54, 1.807) is 32.5 Å². The van der Waals surface area contributed by atoms with Gasteiger partial charge in [-0.25, -0.2) is 0 Å². The van der Waals surface area contributed by atoms with Gasteiger partial charge in [0, 0.05) is 23.3 Å². The average molecular weight is 536 g/mol. The third kappa shape index (κ3) is 8.72. The van der Waals surface area contributed by atoms with Crippen molar-refractivity contribution in [2.24, 2.45) is 34.8 Å². The summed E-state index contributed by atoms with van der Waals surface area (Å²) in [6.45, 7) is 15.3. The first-order valence-electron chi connectivity index (χ1n) is 13.7. The van der Waals surface area contributed by atoms with E-state index in [-0.39, 0.29) is 18.1 Å². The second-order valence-corrected chi connectivity index (χ2v) is 13.2. The number of hydrogen-bond acceptors (Lipinski definition) is 7. The van der Waals surface area contributed by atoms with Crippen molar-refractivity contribution in [1.82, 2.24) is 0 Å². The van der Waals surface area contributed by atoms with Crippen molar-refractivity contribution in [3.05, 3.63) is 34.4 Å². The van der Waals surface area contributed by atoms with Crippen LogP contribution in [0.4, 0.5) is 0 Å².